The highest BCUT2D eigenvalue weighted by Gasteiger charge is 2.30. The predicted molar refractivity (Wildman–Crippen MR) is 88.1 cm³/mol. The molecule has 0 bridgehead atoms. The number of carbonyl (C=O) groups is 1. The summed E-state index contributed by atoms with van der Waals surface area (Å²) in [5.74, 6) is 0.321. The van der Waals surface area contributed by atoms with Gasteiger partial charge in [0.25, 0.3) is 0 Å². The molecule has 23 heavy (non-hydrogen) atoms. The highest BCUT2D eigenvalue weighted by atomic mass is 35.5. The molecule has 2 atom stereocenters. The fourth-order valence-electron chi connectivity index (χ4n) is 2.41. The number of hydrogen-bond donors (Lipinski definition) is 1. The van der Waals surface area contributed by atoms with Crippen molar-refractivity contribution in [3.8, 4) is 5.75 Å². The summed E-state index contributed by atoms with van der Waals surface area (Å²) in [6, 6.07) is 14.8. The van der Waals surface area contributed by atoms with Crippen molar-refractivity contribution < 1.29 is 20.0 Å². The van der Waals surface area contributed by atoms with Crippen molar-refractivity contribution in [1.29, 1.82) is 0 Å². The lowest BCUT2D eigenvalue weighted by atomic mass is 10.2. The second-order valence-electron chi connectivity index (χ2n) is 5.36. The molecule has 6 heteroatoms. The lowest BCUT2D eigenvalue weighted by Gasteiger charge is -2.12. The summed E-state index contributed by atoms with van der Waals surface area (Å²) in [6.45, 7) is 0.462. The zero-order valence-corrected chi connectivity index (χ0v) is 13.8. The summed E-state index contributed by atoms with van der Waals surface area (Å²) in [5.41, 5.74) is 2.09. The summed E-state index contributed by atoms with van der Waals surface area (Å²) in [4.78, 5) is 10.9. The number of ether oxygens (including phenoxy) is 1. The number of rotatable bonds is 5. The van der Waals surface area contributed by atoms with Gasteiger partial charge >= 0.3 is 0 Å². The molecular weight excluding hydrogens is 334 g/mol. The van der Waals surface area contributed by atoms with Crippen molar-refractivity contribution in [2.75, 3.05) is 5.75 Å². The van der Waals surface area contributed by atoms with E-state index in [0.717, 1.165) is 16.9 Å². The maximum absolute atomic E-state index is 10.9. The van der Waals surface area contributed by atoms with E-state index in [1.54, 1.807) is 11.8 Å². The smallest absolute Gasteiger partial charge is 0.159 e. The third kappa shape index (κ3) is 4.19. The molecule has 2 aromatic carbocycles. The molecular formula is C17H16ClNO3S. The van der Waals surface area contributed by atoms with Gasteiger partial charge in [-0.15, -0.1) is 0 Å². The minimum Gasteiger partial charge on any atom is -0.544 e. The van der Waals surface area contributed by atoms with Crippen molar-refractivity contribution >= 4 is 29.3 Å². The van der Waals surface area contributed by atoms with E-state index < -0.39 is 12.0 Å². The molecule has 1 heterocycles. The number of hydrogen-bond acceptors (Lipinski definition) is 4. The highest BCUT2D eigenvalue weighted by Crippen LogP contribution is 2.29. The molecule has 0 spiro atoms. The third-order valence-corrected chi connectivity index (χ3v) is 5.26. The molecule has 3 rings (SSSR count). The first-order valence-corrected chi connectivity index (χ1v) is 8.69. The summed E-state index contributed by atoms with van der Waals surface area (Å²) >= 11 is 7.47. The molecule has 1 aliphatic heterocycles. The van der Waals surface area contributed by atoms with Gasteiger partial charge in [0.1, 0.15) is 24.4 Å². The standard InChI is InChI=1S/C17H16ClNO3S/c18-13-6-4-11(5-7-13)9-22-14-3-1-2-12(8-14)16-19-15(10-23-16)17(20)21/h1-8,15-16,19H,9-10H2,(H,20,21). The van der Waals surface area contributed by atoms with Crippen LogP contribution >= 0.6 is 23.4 Å². The monoisotopic (exact) mass is 349 g/mol. The van der Waals surface area contributed by atoms with E-state index in [1.165, 1.54) is 0 Å². The van der Waals surface area contributed by atoms with Gasteiger partial charge in [0.05, 0.1) is 5.75 Å². The van der Waals surface area contributed by atoms with Gasteiger partial charge in [0, 0.05) is 10.6 Å². The molecule has 0 radical (unpaired) electrons. The van der Waals surface area contributed by atoms with Gasteiger partial charge < -0.3 is 20.0 Å². The molecule has 0 amide bonds. The predicted octanol–water partition coefficient (Wildman–Crippen LogP) is 1.35. The van der Waals surface area contributed by atoms with Crippen LogP contribution in [0.2, 0.25) is 5.02 Å². The Balaban J connectivity index is 1.63. The summed E-state index contributed by atoms with van der Waals surface area (Å²) in [5, 5.41) is 13.5. The Labute approximate surface area is 143 Å². The lowest BCUT2D eigenvalue weighted by Crippen LogP contribution is -2.90. The Kier molecular flexibility index (Phi) is 5.10. The van der Waals surface area contributed by atoms with E-state index in [2.05, 4.69) is 0 Å². The van der Waals surface area contributed by atoms with Crippen LogP contribution in [-0.4, -0.2) is 17.8 Å². The van der Waals surface area contributed by atoms with Gasteiger partial charge in [-0.25, -0.2) is 0 Å². The minimum atomic E-state index is -1.00. The van der Waals surface area contributed by atoms with E-state index in [1.807, 2.05) is 53.8 Å². The number of thioether (sulfide) groups is 1. The molecule has 0 aromatic heterocycles. The average molecular weight is 350 g/mol. The van der Waals surface area contributed by atoms with Gasteiger partial charge in [-0.05, 0) is 29.8 Å². The maximum Gasteiger partial charge on any atom is 0.159 e. The number of aliphatic carboxylic acids is 1. The molecule has 1 saturated heterocycles. The second-order valence-corrected chi connectivity index (χ2v) is 6.97. The van der Waals surface area contributed by atoms with Crippen LogP contribution in [0, 0.1) is 0 Å². The fraction of sp³-hybridized carbons (Fsp3) is 0.235. The minimum absolute atomic E-state index is 0.0666. The number of benzene rings is 2. The van der Waals surface area contributed by atoms with Gasteiger partial charge in [-0.3, -0.25) is 0 Å². The van der Waals surface area contributed by atoms with Crippen LogP contribution < -0.4 is 15.2 Å². The van der Waals surface area contributed by atoms with E-state index in [9.17, 15) is 9.90 Å². The topological polar surface area (TPSA) is 66.0 Å². The van der Waals surface area contributed by atoms with Crippen LogP contribution in [0.25, 0.3) is 0 Å². The molecule has 1 fully saturated rings. The number of halogens is 1. The summed E-state index contributed by atoms with van der Waals surface area (Å²) in [6.07, 6.45) is 0. The van der Waals surface area contributed by atoms with Crippen LogP contribution in [0.1, 0.15) is 16.5 Å². The molecule has 4 nitrogen and oxygen atoms in total. The van der Waals surface area contributed by atoms with Gasteiger partial charge in [0.2, 0.25) is 0 Å². The largest absolute Gasteiger partial charge is 0.544 e. The highest BCUT2D eigenvalue weighted by molar-refractivity contribution is 7.99. The zero-order valence-electron chi connectivity index (χ0n) is 12.3. The van der Waals surface area contributed by atoms with Crippen LogP contribution in [0.5, 0.6) is 5.75 Å². The van der Waals surface area contributed by atoms with Crippen LogP contribution in [0.4, 0.5) is 0 Å². The van der Waals surface area contributed by atoms with Crippen molar-refractivity contribution in [2.45, 2.75) is 18.0 Å². The van der Waals surface area contributed by atoms with E-state index >= 15 is 0 Å². The molecule has 1 aliphatic rings. The number of quaternary nitrogens is 1. The Hall–Kier alpha value is -1.69. The fourth-order valence-corrected chi connectivity index (χ4v) is 3.84. The lowest BCUT2D eigenvalue weighted by molar-refractivity contribution is -0.690. The van der Waals surface area contributed by atoms with Crippen molar-refractivity contribution in [2.24, 2.45) is 0 Å². The van der Waals surface area contributed by atoms with E-state index in [4.69, 9.17) is 16.3 Å². The van der Waals surface area contributed by atoms with Crippen LogP contribution in [0.3, 0.4) is 0 Å². The van der Waals surface area contributed by atoms with Gasteiger partial charge in [-0.2, -0.15) is 0 Å². The Bertz CT molecular complexity index is 692. The number of carboxylic acids is 1. The number of carboxylic acid groups (broad SMARTS) is 1. The molecule has 0 aliphatic carbocycles. The van der Waals surface area contributed by atoms with Crippen molar-refractivity contribution in [1.82, 2.24) is 0 Å². The number of carbonyl (C=O) groups excluding carboxylic acids is 1. The number of nitrogens with two attached hydrogens (primary N) is 1. The van der Waals surface area contributed by atoms with Gasteiger partial charge in [-0.1, -0.05) is 47.6 Å². The maximum atomic E-state index is 10.9. The first-order valence-electron chi connectivity index (χ1n) is 7.26. The molecule has 2 unspecified atom stereocenters. The van der Waals surface area contributed by atoms with E-state index in [-0.39, 0.29) is 5.37 Å². The molecule has 120 valence electrons. The first-order chi connectivity index (χ1) is 11.1. The third-order valence-electron chi connectivity index (χ3n) is 3.67. The summed E-state index contributed by atoms with van der Waals surface area (Å²) < 4.78 is 5.81. The average Bonchev–Trinajstić information content (AvgIpc) is 3.05. The van der Waals surface area contributed by atoms with Crippen molar-refractivity contribution in [3.05, 3.63) is 64.7 Å². The Morgan fingerprint density at radius 3 is 2.78 bits per heavy atom. The molecule has 2 aromatic rings. The second kappa shape index (κ2) is 7.25. The molecule has 2 N–H and O–H groups in total. The normalized spacial score (nSPS) is 20.4. The van der Waals surface area contributed by atoms with Gasteiger partial charge in [0.15, 0.2) is 5.37 Å². The quantitative estimate of drug-likeness (QED) is 0.884. The summed E-state index contributed by atoms with van der Waals surface area (Å²) in [7, 11) is 0. The van der Waals surface area contributed by atoms with Crippen LogP contribution in [-0.2, 0) is 11.4 Å². The van der Waals surface area contributed by atoms with E-state index in [0.29, 0.717) is 17.4 Å². The van der Waals surface area contributed by atoms with Crippen LogP contribution in [0.15, 0.2) is 48.5 Å². The van der Waals surface area contributed by atoms with Crippen molar-refractivity contribution in [3.63, 3.8) is 0 Å². The first kappa shape index (κ1) is 16.2. The Morgan fingerprint density at radius 2 is 2.09 bits per heavy atom. The SMILES string of the molecule is O=C([O-])C1CSC(c2cccc(OCc3ccc(Cl)cc3)c2)[NH2+]1. The zero-order chi connectivity index (χ0) is 16.2. The Morgan fingerprint density at radius 1 is 1.30 bits per heavy atom. The molecule has 0 saturated carbocycles.